The number of rotatable bonds is 0. The molecule has 9 heavy (non-hydrogen) atoms. The van der Waals surface area contributed by atoms with E-state index in [1.54, 1.807) is 6.20 Å². The van der Waals surface area contributed by atoms with Crippen molar-refractivity contribution in [2.75, 3.05) is 0 Å². The van der Waals surface area contributed by atoms with E-state index in [-0.39, 0.29) is 0 Å². The highest BCUT2D eigenvalue weighted by Gasteiger charge is 2.07. The van der Waals surface area contributed by atoms with E-state index < -0.39 is 0 Å². The standard InChI is InChI=1S/C6H3N3/c7-3-5-4-9-2-1-6(9)8-5/h1-2,4H. The molecule has 0 N–H and O–H groups in total. The Hall–Kier alpha value is -1.56. The maximum Gasteiger partial charge on any atom is 0.159 e. The smallest absolute Gasteiger partial charge is 0.159 e. The minimum atomic E-state index is 0.481. The van der Waals surface area contributed by atoms with Crippen molar-refractivity contribution in [1.29, 1.82) is 5.26 Å². The summed E-state index contributed by atoms with van der Waals surface area (Å²) in [6.07, 6.45) is 5.43. The van der Waals surface area contributed by atoms with Crippen LogP contribution in [0.15, 0.2) is 6.20 Å². The molecule has 0 aromatic carbocycles. The number of hydrogen-bond donors (Lipinski definition) is 0. The van der Waals surface area contributed by atoms with Gasteiger partial charge in [-0.15, -0.1) is 0 Å². The second kappa shape index (κ2) is 1.23. The number of hydrogen-bond acceptors (Lipinski definition) is 2. The molecule has 0 bridgehead atoms. The van der Waals surface area contributed by atoms with Crippen LogP contribution in [-0.4, -0.2) is 9.55 Å². The summed E-state index contributed by atoms with van der Waals surface area (Å²) in [6, 6.07) is 1.96. The summed E-state index contributed by atoms with van der Waals surface area (Å²) in [6.45, 7) is 0. The topological polar surface area (TPSA) is 41.6 Å². The van der Waals surface area contributed by atoms with Crippen molar-refractivity contribution in [1.82, 2.24) is 9.55 Å². The summed E-state index contributed by atoms with van der Waals surface area (Å²) in [5, 5.41) is 8.35. The van der Waals surface area contributed by atoms with Gasteiger partial charge in [0.25, 0.3) is 0 Å². The molecule has 0 radical (unpaired) electrons. The zero-order chi connectivity index (χ0) is 6.27. The first kappa shape index (κ1) is 4.33. The first-order valence-corrected chi connectivity index (χ1v) is 2.57. The van der Waals surface area contributed by atoms with Gasteiger partial charge in [0.15, 0.2) is 5.69 Å². The molecule has 0 aliphatic carbocycles. The van der Waals surface area contributed by atoms with Crippen molar-refractivity contribution in [3.8, 4) is 6.07 Å². The molecule has 42 valence electrons. The molecule has 3 nitrogen and oxygen atoms in total. The summed E-state index contributed by atoms with van der Waals surface area (Å²) >= 11 is 0. The lowest BCUT2D eigenvalue weighted by molar-refractivity contribution is 1.07. The number of fused-ring (bicyclic) bond motifs is 1. The third kappa shape index (κ3) is 0.417. The molecule has 2 heterocycles. The van der Waals surface area contributed by atoms with Gasteiger partial charge in [0, 0.05) is 12.4 Å². The number of imidazole rings is 1. The lowest BCUT2D eigenvalue weighted by atomic mass is 10.4. The average Bonchev–Trinajstić information content (AvgIpc) is 2.10. The van der Waals surface area contributed by atoms with Crippen LogP contribution in [0.3, 0.4) is 0 Å². The van der Waals surface area contributed by atoms with Crippen molar-refractivity contribution in [3.63, 3.8) is 0 Å². The van der Waals surface area contributed by atoms with Gasteiger partial charge in [-0.25, -0.2) is 4.98 Å². The van der Waals surface area contributed by atoms with Crippen LogP contribution >= 0.6 is 0 Å². The van der Waals surface area contributed by atoms with Crippen molar-refractivity contribution >= 4 is 12.3 Å². The lowest BCUT2D eigenvalue weighted by Gasteiger charge is -2.02. The van der Waals surface area contributed by atoms with Gasteiger partial charge in [-0.05, 0) is 6.08 Å². The molecule has 1 aliphatic heterocycles. The van der Waals surface area contributed by atoms with E-state index in [4.69, 9.17) is 5.26 Å². The molecule has 0 fully saturated rings. The Balaban J connectivity index is 2.60. The van der Waals surface area contributed by atoms with E-state index >= 15 is 0 Å². The highest BCUT2D eigenvalue weighted by molar-refractivity contribution is 5.67. The Morgan fingerprint density at radius 3 is 2.89 bits per heavy atom. The van der Waals surface area contributed by atoms with E-state index in [2.05, 4.69) is 4.98 Å². The van der Waals surface area contributed by atoms with Gasteiger partial charge in [0.05, 0.1) is 0 Å². The van der Waals surface area contributed by atoms with Crippen LogP contribution in [0, 0.1) is 11.3 Å². The molecule has 0 spiro atoms. The number of nitrogens with zero attached hydrogens (tertiary/aromatic N) is 3. The molecule has 1 aliphatic rings. The van der Waals surface area contributed by atoms with Gasteiger partial charge in [-0.2, -0.15) is 5.26 Å². The predicted molar refractivity (Wildman–Crippen MR) is 32.2 cm³/mol. The van der Waals surface area contributed by atoms with E-state index in [0.717, 1.165) is 5.82 Å². The second-order valence-corrected chi connectivity index (χ2v) is 1.82. The molecular formula is C6H3N3. The minimum absolute atomic E-state index is 0.481. The van der Waals surface area contributed by atoms with Gasteiger partial charge < -0.3 is 4.57 Å². The minimum Gasteiger partial charge on any atom is -0.306 e. The molecule has 1 aromatic heterocycles. The van der Waals surface area contributed by atoms with Crippen molar-refractivity contribution in [2.45, 2.75) is 0 Å². The summed E-state index contributed by atoms with van der Waals surface area (Å²) in [4.78, 5) is 3.93. The summed E-state index contributed by atoms with van der Waals surface area (Å²) in [7, 11) is 0. The fraction of sp³-hybridized carbons (Fsp3) is 0. The normalized spacial score (nSPS) is 11.9. The Labute approximate surface area is 51.9 Å². The monoisotopic (exact) mass is 117 g/mol. The Bertz CT molecular complexity index is 290. The summed E-state index contributed by atoms with van der Waals surface area (Å²) in [5.41, 5.74) is 0.481. The fourth-order valence-corrected chi connectivity index (χ4v) is 0.769. The maximum atomic E-state index is 8.35. The van der Waals surface area contributed by atoms with E-state index in [1.807, 2.05) is 22.9 Å². The van der Waals surface area contributed by atoms with E-state index in [1.165, 1.54) is 0 Å². The summed E-state index contributed by atoms with van der Waals surface area (Å²) < 4.78 is 1.82. The van der Waals surface area contributed by atoms with Crippen molar-refractivity contribution in [2.24, 2.45) is 0 Å². The number of nitriles is 1. The fourth-order valence-electron chi connectivity index (χ4n) is 0.769. The SMILES string of the molecule is N#Cc1cn2c(n1)C=C2. The van der Waals surface area contributed by atoms with Crippen LogP contribution in [0.5, 0.6) is 0 Å². The third-order valence-electron chi connectivity index (χ3n) is 1.26. The zero-order valence-corrected chi connectivity index (χ0v) is 4.57. The molecule has 0 atom stereocenters. The van der Waals surface area contributed by atoms with Crippen LogP contribution in [0.1, 0.15) is 11.5 Å². The average molecular weight is 117 g/mol. The molecular weight excluding hydrogens is 114 g/mol. The zero-order valence-electron chi connectivity index (χ0n) is 4.57. The van der Waals surface area contributed by atoms with Crippen LogP contribution in [0.2, 0.25) is 0 Å². The van der Waals surface area contributed by atoms with Gasteiger partial charge in [0.2, 0.25) is 0 Å². The van der Waals surface area contributed by atoms with E-state index in [0.29, 0.717) is 5.69 Å². The molecule has 3 heteroatoms. The first-order chi connectivity index (χ1) is 4.40. The van der Waals surface area contributed by atoms with Gasteiger partial charge in [-0.3, -0.25) is 0 Å². The molecule has 1 aromatic rings. The lowest BCUT2D eigenvalue weighted by Crippen LogP contribution is -1.95. The van der Waals surface area contributed by atoms with Gasteiger partial charge in [-0.1, -0.05) is 0 Å². The van der Waals surface area contributed by atoms with Gasteiger partial charge in [0.1, 0.15) is 11.9 Å². The Kier molecular flexibility index (Phi) is 0.593. The van der Waals surface area contributed by atoms with Crippen molar-refractivity contribution in [3.05, 3.63) is 17.7 Å². The highest BCUT2D eigenvalue weighted by Crippen LogP contribution is 2.13. The molecule has 0 saturated heterocycles. The highest BCUT2D eigenvalue weighted by atomic mass is 15.1. The molecule has 0 unspecified atom stereocenters. The Morgan fingerprint density at radius 1 is 1.67 bits per heavy atom. The van der Waals surface area contributed by atoms with Crippen LogP contribution in [0.4, 0.5) is 0 Å². The third-order valence-corrected chi connectivity index (χ3v) is 1.26. The molecule has 2 rings (SSSR count). The first-order valence-electron chi connectivity index (χ1n) is 2.57. The number of aromatic nitrogens is 2. The molecule has 0 saturated carbocycles. The summed E-state index contributed by atoms with van der Waals surface area (Å²) in [5.74, 6) is 0.867. The predicted octanol–water partition coefficient (Wildman–Crippen LogP) is 0.696. The Morgan fingerprint density at radius 2 is 2.56 bits per heavy atom. The van der Waals surface area contributed by atoms with Crippen LogP contribution in [-0.2, 0) is 0 Å². The van der Waals surface area contributed by atoms with Crippen LogP contribution in [0.25, 0.3) is 12.3 Å². The van der Waals surface area contributed by atoms with E-state index in [9.17, 15) is 0 Å². The van der Waals surface area contributed by atoms with Gasteiger partial charge >= 0.3 is 0 Å². The second-order valence-electron chi connectivity index (χ2n) is 1.82. The molecule has 0 amide bonds. The van der Waals surface area contributed by atoms with Crippen molar-refractivity contribution < 1.29 is 0 Å². The maximum absolute atomic E-state index is 8.35. The largest absolute Gasteiger partial charge is 0.306 e. The quantitative estimate of drug-likeness (QED) is 0.509. The van der Waals surface area contributed by atoms with Crippen LogP contribution < -0.4 is 0 Å².